The lowest BCUT2D eigenvalue weighted by Gasteiger charge is -2.38. The highest BCUT2D eigenvalue weighted by Gasteiger charge is 2.30. The molecule has 0 aromatic carbocycles. The molecule has 0 heterocycles. The molecule has 1 rings (SSSR count). The fraction of sp³-hybridized carbons (Fsp3) is 1.00. The van der Waals surface area contributed by atoms with Crippen LogP contribution in [0.2, 0.25) is 0 Å². The van der Waals surface area contributed by atoms with Crippen molar-refractivity contribution >= 4 is 0 Å². The van der Waals surface area contributed by atoms with Crippen LogP contribution in [-0.2, 0) is 0 Å². The van der Waals surface area contributed by atoms with Crippen molar-refractivity contribution in [3.8, 4) is 0 Å². The molecule has 1 atom stereocenters. The standard InChI is InChI=1S/C14H30N2/c1-11(2)5-6-13(16-15)12-7-9-14(3,4)10-8-12/h11-13,16H,5-10,15H2,1-4H3. The predicted octanol–water partition coefficient (Wildman–Crippen LogP) is 3.47. The summed E-state index contributed by atoms with van der Waals surface area (Å²) in [5.74, 6) is 7.30. The van der Waals surface area contributed by atoms with E-state index in [1.54, 1.807) is 0 Å². The van der Waals surface area contributed by atoms with Crippen molar-refractivity contribution < 1.29 is 0 Å². The SMILES string of the molecule is CC(C)CCC(NN)C1CCC(C)(C)CC1. The summed E-state index contributed by atoms with van der Waals surface area (Å²) in [4.78, 5) is 0. The van der Waals surface area contributed by atoms with Gasteiger partial charge < -0.3 is 0 Å². The highest BCUT2D eigenvalue weighted by atomic mass is 15.2. The van der Waals surface area contributed by atoms with Crippen LogP contribution in [0.15, 0.2) is 0 Å². The second kappa shape index (κ2) is 6.02. The van der Waals surface area contributed by atoms with Gasteiger partial charge in [0.05, 0.1) is 0 Å². The molecule has 1 fully saturated rings. The Kier molecular flexibility index (Phi) is 5.26. The fourth-order valence-corrected chi connectivity index (χ4v) is 2.79. The van der Waals surface area contributed by atoms with E-state index in [0.717, 1.165) is 11.8 Å². The van der Waals surface area contributed by atoms with Gasteiger partial charge in [0.1, 0.15) is 0 Å². The van der Waals surface area contributed by atoms with E-state index in [0.29, 0.717) is 11.5 Å². The van der Waals surface area contributed by atoms with Crippen molar-refractivity contribution in [2.75, 3.05) is 0 Å². The lowest BCUT2D eigenvalue weighted by atomic mass is 9.70. The second-order valence-corrected chi connectivity index (χ2v) is 6.75. The van der Waals surface area contributed by atoms with Crippen molar-refractivity contribution in [1.29, 1.82) is 0 Å². The van der Waals surface area contributed by atoms with E-state index in [1.165, 1.54) is 38.5 Å². The molecule has 0 spiro atoms. The molecule has 0 bridgehead atoms. The second-order valence-electron chi connectivity index (χ2n) is 6.75. The smallest absolute Gasteiger partial charge is 0.0238 e. The monoisotopic (exact) mass is 226 g/mol. The third-order valence-electron chi connectivity index (χ3n) is 4.22. The topological polar surface area (TPSA) is 38.0 Å². The summed E-state index contributed by atoms with van der Waals surface area (Å²) in [5.41, 5.74) is 3.62. The van der Waals surface area contributed by atoms with Gasteiger partial charge in [-0.2, -0.15) is 0 Å². The van der Waals surface area contributed by atoms with Gasteiger partial charge in [0.25, 0.3) is 0 Å². The predicted molar refractivity (Wildman–Crippen MR) is 70.9 cm³/mol. The number of nitrogens with one attached hydrogen (secondary N) is 1. The largest absolute Gasteiger partial charge is 0.271 e. The van der Waals surface area contributed by atoms with Gasteiger partial charge >= 0.3 is 0 Å². The van der Waals surface area contributed by atoms with Crippen LogP contribution in [0.4, 0.5) is 0 Å². The van der Waals surface area contributed by atoms with E-state index in [2.05, 4.69) is 33.1 Å². The summed E-state index contributed by atoms with van der Waals surface area (Å²) in [6.45, 7) is 9.36. The molecule has 1 unspecified atom stereocenters. The first-order valence-electron chi connectivity index (χ1n) is 6.91. The summed E-state index contributed by atoms with van der Waals surface area (Å²) in [7, 11) is 0. The van der Waals surface area contributed by atoms with E-state index in [-0.39, 0.29) is 0 Å². The van der Waals surface area contributed by atoms with Crippen LogP contribution in [0.1, 0.15) is 66.2 Å². The third kappa shape index (κ3) is 4.42. The Morgan fingerprint density at radius 3 is 2.19 bits per heavy atom. The van der Waals surface area contributed by atoms with E-state index < -0.39 is 0 Å². The number of rotatable bonds is 5. The van der Waals surface area contributed by atoms with Crippen molar-refractivity contribution in [2.45, 2.75) is 72.3 Å². The van der Waals surface area contributed by atoms with Crippen LogP contribution in [-0.4, -0.2) is 6.04 Å². The van der Waals surface area contributed by atoms with Gasteiger partial charge in [-0.3, -0.25) is 11.3 Å². The van der Waals surface area contributed by atoms with Gasteiger partial charge in [-0.05, 0) is 55.8 Å². The van der Waals surface area contributed by atoms with Gasteiger partial charge in [-0.1, -0.05) is 27.7 Å². The lowest BCUT2D eigenvalue weighted by molar-refractivity contribution is 0.155. The number of hydrogen-bond donors (Lipinski definition) is 2. The Labute approximate surface area is 101 Å². The highest BCUT2D eigenvalue weighted by Crippen LogP contribution is 2.39. The Morgan fingerprint density at radius 2 is 1.75 bits per heavy atom. The quantitative estimate of drug-likeness (QED) is 0.556. The summed E-state index contributed by atoms with van der Waals surface area (Å²) in [6.07, 6.45) is 7.93. The van der Waals surface area contributed by atoms with Crippen molar-refractivity contribution in [3.05, 3.63) is 0 Å². The first kappa shape index (κ1) is 14.0. The molecule has 2 heteroatoms. The third-order valence-corrected chi connectivity index (χ3v) is 4.22. The molecule has 16 heavy (non-hydrogen) atoms. The Balaban J connectivity index is 2.37. The maximum absolute atomic E-state index is 5.71. The van der Waals surface area contributed by atoms with Crippen LogP contribution >= 0.6 is 0 Å². The fourth-order valence-electron chi connectivity index (χ4n) is 2.79. The van der Waals surface area contributed by atoms with Gasteiger partial charge in [0.15, 0.2) is 0 Å². The van der Waals surface area contributed by atoms with Crippen molar-refractivity contribution in [1.82, 2.24) is 5.43 Å². The van der Waals surface area contributed by atoms with Gasteiger partial charge in [0.2, 0.25) is 0 Å². The molecule has 0 aromatic rings. The molecule has 1 aliphatic rings. The molecule has 0 radical (unpaired) electrons. The highest BCUT2D eigenvalue weighted by molar-refractivity contribution is 4.84. The molecular weight excluding hydrogens is 196 g/mol. The maximum atomic E-state index is 5.71. The molecule has 96 valence electrons. The van der Waals surface area contributed by atoms with Crippen molar-refractivity contribution in [2.24, 2.45) is 23.1 Å². The molecule has 2 nitrogen and oxygen atoms in total. The molecule has 0 aliphatic heterocycles. The normalized spacial score (nSPS) is 23.6. The molecular formula is C14H30N2. The molecule has 0 aromatic heterocycles. The zero-order valence-corrected chi connectivity index (χ0v) is 11.6. The average molecular weight is 226 g/mol. The summed E-state index contributed by atoms with van der Waals surface area (Å²) < 4.78 is 0. The van der Waals surface area contributed by atoms with Crippen LogP contribution in [0.3, 0.4) is 0 Å². The maximum Gasteiger partial charge on any atom is 0.0238 e. The molecule has 1 saturated carbocycles. The summed E-state index contributed by atoms with van der Waals surface area (Å²) >= 11 is 0. The zero-order valence-electron chi connectivity index (χ0n) is 11.6. The summed E-state index contributed by atoms with van der Waals surface area (Å²) in [6, 6.07) is 0.540. The van der Waals surface area contributed by atoms with Crippen LogP contribution in [0, 0.1) is 17.3 Å². The minimum absolute atomic E-state index is 0.540. The molecule has 1 aliphatic carbocycles. The Hall–Kier alpha value is -0.0800. The van der Waals surface area contributed by atoms with Crippen LogP contribution in [0.5, 0.6) is 0 Å². The van der Waals surface area contributed by atoms with E-state index >= 15 is 0 Å². The summed E-state index contributed by atoms with van der Waals surface area (Å²) in [5, 5.41) is 0. The lowest BCUT2D eigenvalue weighted by Crippen LogP contribution is -2.43. The van der Waals surface area contributed by atoms with Crippen molar-refractivity contribution in [3.63, 3.8) is 0 Å². The van der Waals surface area contributed by atoms with Gasteiger partial charge in [-0.15, -0.1) is 0 Å². The van der Waals surface area contributed by atoms with E-state index in [9.17, 15) is 0 Å². The van der Waals surface area contributed by atoms with Crippen LogP contribution < -0.4 is 11.3 Å². The first-order chi connectivity index (χ1) is 7.44. The zero-order chi connectivity index (χ0) is 12.2. The van der Waals surface area contributed by atoms with Gasteiger partial charge in [0, 0.05) is 6.04 Å². The van der Waals surface area contributed by atoms with E-state index in [1.807, 2.05) is 0 Å². The molecule has 0 saturated heterocycles. The minimum Gasteiger partial charge on any atom is -0.271 e. The Morgan fingerprint density at radius 1 is 1.19 bits per heavy atom. The average Bonchev–Trinajstić information content (AvgIpc) is 2.20. The van der Waals surface area contributed by atoms with Gasteiger partial charge in [-0.25, -0.2) is 0 Å². The minimum atomic E-state index is 0.540. The van der Waals surface area contributed by atoms with Crippen LogP contribution in [0.25, 0.3) is 0 Å². The number of hydrogen-bond acceptors (Lipinski definition) is 2. The number of hydrazine groups is 1. The Bertz CT molecular complexity index is 186. The first-order valence-corrected chi connectivity index (χ1v) is 6.91. The molecule has 0 amide bonds. The number of nitrogens with two attached hydrogens (primary N) is 1. The molecule has 3 N–H and O–H groups in total. The van der Waals surface area contributed by atoms with E-state index in [4.69, 9.17) is 5.84 Å².